The van der Waals surface area contributed by atoms with Gasteiger partial charge in [0.25, 0.3) is 0 Å². The van der Waals surface area contributed by atoms with Gasteiger partial charge in [-0.05, 0) is 25.5 Å². The summed E-state index contributed by atoms with van der Waals surface area (Å²) in [7, 11) is 1.90. The van der Waals surface area contributed by atoms with E-state index in [1.165, 1.54) is 0 Å². The molecule has 0 radical (unpaired) electrons. The molecule has 1 fully saturated rings. The van der Waals surface area contributed by atoms with Crippen molar-refractivity contribution in [3.8, 4) is 5.75 Å². The minimum absolute atomic E-state index is 0.0990. The molecule has 2 heterocycles. The Bertz CT molecular complexity index is 884. The first kappa shape index (κ1) is 21.5. The highest BCUT2D eigenvalue weighted by molar-refractivity contribution is 5.80. The average molecular weight is 419 g/mol. The van der Waals surface area contributed by atoms with E-state index in [9.17, 15) is 8.78 Å². The number of ether oxygens (including phenoxy) is 1. The fourth-order valence-corrected chi connectivity index (χ4v) is 3.26. The highest BCUT2D eigenvalue weighted by Gasteiger charge is 2.26. The van der Waals surface area contributed by atoms with E-state index < -0.39 is 6.61 Å². The van der Waals surface area contributed by atoms with Gasteiger partial charge in [0, 0.05) is 32.7 Å². The van der Waals surface area contributed by atoms with Crippen LogP contribution in [0.2, 0.25) is 0 Å². The SMILES string of the molecule is C=CCNC(=NCc1nnc(C)n1C)NC1CCN(c2ccccc2OC(F)F)C1. The topological polar surface area (TPSA) is 79.6 Å². The fraction of sp³-hybridized carbons (Fsp3) is 0.450. The molecule has 1 unspecified atom stereocenters. The highest BCUT2D eigenvalue weighted by Crippen LogP contribution is 2.31. The van der Waals surface area contributed by atoms with Crippen LogP contribution in [0.1, 0.15) is 18.1 Å². The van der Waals surface area contributed by atoms with Crippen molar-refractivity contribution in [3.05, 3.63) is 48.6 Å². The summed E-state index contributed by atoms with van der Waals surface area (Å²) < 4.78 is 32.0. The Morgan fingerprint density at radius 3 is 2.90 bits per heavy atom. The number of aromatic nitrogens is 3. The summed E-state index contributed by atoms with van der Waals surface area (Å²) in [5, 5.41) is 14.8. The van der Waals surface area contributed by atoms with E-state index in [4.69, 9.17) is 0 Å². The lowest BCUT2D eigenvalue weighted by Crippen LogP contribution is -2.44. The highest BCUT2D eigenvalue weighted by atomic mass is 19.3. The molecule has 1 aromatic carbocycles. The third-order valence-electron chi connectivity index (χ3n) is 4.93. The molecule has 1 atom stereocenters. The maximum Gasteiger partial charge on any atom is 0.387 e. The number of para-hydroxylation sites is 2. The first-order chi connectivity index (χ1) is 14.5. The second-order valence-corrected chi connectivity index (χ2v) is 6.98. The molecule has 2 N–H and O–H groups in total. The van der Waals surface area contributed by atoms with Crippen molar-refractivity contribution in [2.24, 2.45) is 12.0 Å². The van der Waals surface area contributed by atoms with Crippen LogP contribution in [-0.4, -0.2) is 53.0 Å². The Hall–Kier alpha value is -3.17. The first-order valence-corrected chi connectivity index (χ1v) is 9.77. The number of benzene rings is 1. The Balaban J connectivity index is 1.66. The van der Waals surface area contributed by atoms with Crippen LogP contribution in [0, 0.1) is 6.92 Å². The maximum absolute atomic E-state index is 12.7. The predicted octanol–water partition coefficient (Wildman–Crippen LogP) is 2.23. The zero-order chi connectivity index (χ0) is 21.5. The van der Waals surface area contributed by atoms with Gasteiger partial charge in [-0.25, -0.2) is 4.99 Å². The summed E-state index contributed by atoms with van der Waals surface area (Å²) in [5.41, 5.74) is 0.661. The van der Waals surface area contributed by atoms with Gasteiger partial charge in [-0.2, -0.15) is 8.78 Å². The van der Waals surface area contributed by atoms with Gasteiger partial charge in [-0.1, -0.05) is 18.2 Å². The quantitative estimate of drug-likeness (QED) is 0.388. The normalized spacial score (nSPS) is 16.8. The molecule has 162 valence electrons. The maximum atomic E-state index is 12.7. The third-order valence-corrected chi connectivity index (χ3v) is 4.93. The largest absolute Gasteiger partial charge is 0.433 e. The van der Waals surface area contributed by atoms with E-state index >= 15 is 0 Å². The molecule has 0 spiro atoms. The van der Waals surface area contributed by atoms with Crippen LogP contribution in [0.15, 0.2) is 41.9 Å². The van der Waals surface area contributed by atoms with Crippen molar-refractivity contribution in [2.45, 2.75) is 32.5 Å². The number of aryl methyl sites for hydroxylation is 1. The number of rotatable bonds is 8. The third kappa shape index (κ3) is 5.46. The molecule has 30 heavy (non-hydrogen) atoms. The van der Waals surface area contributed by atoms with Crippen LogP contribution in [-0.2, 0) is 13.6 Å². The van der Waals surface area contributed by atoms with Crippen LogP contribution in [0.4, 0.5) is 14.5 Å². The molecule has 0 aliphatic carbocycles. The number of anilines is 1. The van der Waals surface area contributed by atoms with E-state index in [1.54, 1.807) is 24.3 Å². The minimum atomic E-state index is -2.85. The van der Waals surface area contributed by atoms with Crippen LogP contribution in [0.3, 0.4) is 0 Å². The molecule has 8 nitrogen and oxygen atoms in total. The number of aliphatic imine (C=N–C) groups is 1. The van der Waals surface area contributed by atoms with Crippen LogP contribution < -0.4 is 20.3 Å². The second-order valence-electron chi connectivity index (χ2n) is 6.98. The number of nitrogens with zero attached hydrogens (tertiary/aromatic N) is 5. The van der Waals surface area contributed by atoms with Gasteiger partial charge in [0.1, 0.15) is 18.1 Å². The number of halogens is 2. The summed E-state index contributed by atoms with van der Waals surface area (Å²) in [5.74, 6) is 2.41. The smallest absolute Gasteiger partial charge is 0.387 e. The molecule has 0 saturated carbocycles. The molecule has 1 aliphatic rings. The molecule has 1 aromatic heterocycles. The Morgan fingerprint density at radius 2 is 2.20 bits per heavy atom. The monoisotopic (exact) mass is 419 g/mol. The van der Waals surface area contributed by atoms with Crippen LogP contribution in [0.25, 0.3) is 0 Å². The summed E-state index contributed by atoms with van der Waals surface area (Å²) in [6.45, 7) is 5.07. The van der Waals surface area contributed by atoms with E-state index in [0.717, 1.165) is 24.6 Å². The number of guanidine groups is 1. The van der Waals surface area contributed by atoms with Gasteiger partial charge in [0.15, 0.2) is 11.8 Å². The van der Waals surface area contributed by atoms with E-state index in [2.05, 4.69) is 37.1 Å². The summed E-state index contributed by atoms with van der Waals surface area (Å²) in [4.78, 5) is 6.64. The minimum Gasteiger partial charge on any atom is -0.433 e. The summed E-state index contributed by atoms with van der Waals surface area (Å²) in [6, 6.07) is 6.95. The first-order valence-electron chi connectivity index (χ1n) is 9.77. The molecule has 1 aliphatic heterocycles. The standard InChI is InChI=1S/C20H27F2N7O/c1-4-10-23-20(24-12-18-27-26-14(2)28(18)3)25-15-9-11-29(13-15)16-7-5-6-8-17(16)30-19(21)22/h4-8,15,19H,1,9-13H2,2-3H3,(H2,23,24,25). The van der Waals surface area contributed by atoms with E-state index in [-0.39, 0.29) is 11.8 Å². The summed E-state index contributed by atoms with van der Waals surface area (Å²) >= 11 is 0. The van der Waals surface area contributed by atoms with Gasteiger partial charge < -0.3 is 24.8 Å². The van der Waals surface area contributed by atoms with Gasteiger partial charge in [-0.15, -0.1) is 16.8 Å². The molecule has 0 amide bonds. The molecular formula is C20H27F2N7O. The van der Waals surface area contributed by atoms with Crippen molar-refractivity contribution in [2.75, 3.05) is 24.5 Å². The predicted molar refractivity (Wildman–Crippen MR) is 112 cm³/mol. The van der Waals surface area contributed by atoms with Gasteiger partial charge >= 0.3 is 6.61 Å². The van der Waals surface area contributed by atoms with Crippen molar-refractivity contribution >= 4 is 11.6 Å². The Labute approximate surface area is 174 Å². The van der Waals surface area contributed by atoms with Gasteiger partial charge in [0.2, 0.25) is 0 Å². The lowest BCUT2D eigenvalue weighted by atomic mass is 10.2. The molecule has 2 aromatic rings. The van der Waals surface area contributed by atoms with Crippen molar-refractivity contribution < 1.29 is 13.5 Å². The zero-order valence-corrected chi connectivity index (χ0v) is 17.2. The molecule has 0 bridgehead atoms. The van der Waals surface area contributed by atoms with Crippen LogP contribution >= 0.6 is 0 Å². The molecule has 10 heteroatoms. The number of nitrogens with one attached hydrogen (secondary N) is 2. The second kappa shape index (κ2) is 10.0. The number of hydrogen-bond donors (Lipinski definition) is 2. The summed E-state index contributed by atoms with van der Waals surface area (Å²) in [6.07, 6.45) is 2.59. The van der Waals surface area contributed by atoms with E-state index in [0.29, 0.717) is 31.3 Å². The molecule has 1 saturated heterocycles. The fourth-order valence-electron chi connectivity index (χ4n) is 3.26. The van der Waals surface area contributed by atoms with Crippen molar-refractivity contribution in [3.63, 3.8) is 0 Å². The van der Waals surface area contributed by atoms with Crippen LogP contribution in [0.5, 0.6) is 5.75 Å². The average Bonchev–Trinajstić information content (AvgIpc) is 3.31. The number of hydrogen-bond acceptors (Lipinski definition) is 5. The molecular weight excluding hydrogens is 392 g/mol. The van der Waals surface area contributed by atoms with Gasteiger partial charge in [0.05, 0.1) is 5.69 Å². The van der Waals surface area contributed by atoms with Gasteiger partial charge in [-0.3, -0.25) is 0 Å². The van der Waals surface area contributed by atoms with Crippen molar-refractivity contribution in [1.29, 1.82) is 0 Å². The Kier molecular flexibility index (Phi) is 7.21. The van der Waals surface area contributed by atoms with E-state index in [1.807, 2.05) is 29.5 Å². The Morgan fingerprint density at radius 1 is 1.40 bits per heavy atom. The number of alkyl halides is 2. The van der Waals surface area contributed by atoms with Crippen molar-refractivity contribution in [1.82, 2.24) is 25.4 Å². The zero-order valence-electron chi connectivity index (χ0n) is 17.2. The molecule has 3 rings (SSSR count). The lowest BCUT2D eigenvalue weighted by Gasteiger charge is -2.22. The lowest BCUT2D eigenvalue weighted by molar-refractivity contribution is -0.0495.